The van der Waals surface area contributed by atoms with E-state index in [1.807, 2.05) is 0 Å². The van der Waals surface area contributed by atoms with E-state index in [1.165, 1.54) is 78.5 Å². The molecule has 0 spiro atoms. The quantitative estimate of drug-likeness (QED) is 0.0493. The van der Waals surface area contributed by atoms with Crippen LogP contribution in [0.2, 0.25) is 0 Å². The van der Waals surface area contributed by atoms with E-state index >= 15 is 0 Å². The van der Waals surface area contributed by atoms with Crippen molar-refractivity contribution < 1.29 is 95.1 Å². The molecule has 0 aliphatic heterocycles. The lowest BCUT2D eigenvalue weighted by Gasteiger charge is -2.41. The first-order chi connectivity index (χ1) is 24.2. The van der Waals surface area contributed by atoms with Crippen LogP contribution in [0, 0.1) is 5.41 Å². The van der Waals surface area contributed by atoms with Crippen molar-refractivity contribution in [3.05, 3.63) is 0 Å². The van der Waals surface area contributed by atoms with Crippen molar-refractivity contribution in [2.45, 2.75) is 83.1 Å². The predicted octanol–water partition coefficient (Wildman–Crippen LogP) is -5.66. The van der Waals surface area contributed by atoms with Gasteiger partial charge in [0.05, 0.1) is 126 Å². The second-order valence-corrected chi connectivity index (χ2v) is 16.4. The lowest BCUT2D eigenvalue weighted by atomic mass is 9.93. The van der Waals surface area contributed by atoms with E-state index in [0.717, 1.165) is 0 Å². The molecule has 0 aromatic carbocycles. The SMILES string of the molecule is CC[NH+](CC)CC.CC[NH+](CC)CC.CC[NH+](CC)CC.CC[NH+](CC)CC.O=P([O-])([O-])OCC(COP(=O)([O-])[O-])(COP(=O)([O-])O)COP(=O)([O-])O. The lowest BCUT2D eigenvalue weighted by molar-refractivity contribution is -0.894. The van der Waals surface area contributed by atoms with Gasteiger partial charge in [-0.25, -0.2) is 0 Å². The first-order valence-corrected chi connectivity index (χ1v) is 24.2. The highest BCUT2D eigenvalue weighted by atomic mass is 31.2. The third-order valence-corrected chi connectivity index (χ3v) is 9.93. The molecule has 2 atom stereocenters. The Hall–Kier alpha value is 0.280. The van der Waals surface area contributed by atoms with Gasteiger partial charge in [-0.05, 0) is 83.1 Å². The van der Waals surface area contributed by atoms with Gasteiger partial charge in [0, 0.05) is 0 Å². The van der Waals surface area contributed by atoms with Gasteiger partial charge in [-0.2, -0.15) is 0 Å². The highest BCUT2D eigenvalue weighted by Gasteiger charge is 2.36. The Kier molecular flexibility index (Phi) is 41.8. The lowest BCUT2D eigenvalue weighted by Crippen LogP contribution is -3.11. The Balaban J connectivity index is -0.000000221. The number of nitrogens with one attached hydrogen (secondary N) is 4. The number of quaternary nitrogens is 4. The van der Waals surface area contributed by atoms with Gasteiger partial charge in [0.25, 0.3) is 15.6 Å². The zero-order chi connectivity index (χ0) is 43.0. The van der Waals surface area contributed by atoms with Crippen molar-refractivity contribution in [3.8, 4) is 0 Å². The van der Waals surface area contributed by atoms with Gasteiger partial charge in [0.15, 0.2) is 0 Å². The molecular formula is C29H74N4O16P4-2. The average molecular weight is 859 g/mol. The van der Waals surface area contributed by atoms with E-state index in [0.29, 0.717) is 0 Å². The molecule has 0 aliphatic carbocycles. The molecule has 0 aromatic rings. The third-order valence-electron chi connectivity index (χ3n) is 8.13. The second kappa shape index (κ2) is 35.4. The van der Waals surface area contributed by atoms with Crippen LogP contribution in [0.1, 0.15) is 83.1 Å². The van der Waals surface area contributed by atoms with Gasteiger partial charge < -0.3 is 86.0 Å². The van der Waals surface area contributed by atoms with Crippen LogP contribution >= 0.6 is 31.3 Å². The minimum atomic E-state index is -5.77. The average Bonchev–Trinajstić information content (AvgIpc) is 3.07. The molecule has 0 heterocycles. The van der Waals surface area contributed by atoms with Gasteiger partial charge in [-0.15, -0.1) is 0 Å². The Bertz CT molecular complexity index is 818. The number of rotatable bonds is 24. The van der Waals surface area contributed by atoms with Gasteiger partial charge in [-0.1, -0.05) is 0 Å². The molecule has 0 rings (SSSR count). The van der Waals surface area contributed by atoms with Crippen LogP contribution in [0.4, 0.5) is 0 Å². The van der Waals surface area contributed by atoms with Crippen molar-refractivity contribution in [2.75, 3.05) is 105 Å². The first kappa shape index (κ1) is 62.5. The molecule has 328 valence electrons. The van der Waals surface area contributed by atoms with E-state index in [2.05, 4.69) is 101 Å². The van der Waals surface area contributed by atoms with Crippen LogP contribution in [-0.2, 0) is 36.4 Å². The van der Waals surface area contributed by atoms with Crippen molar-refractivity contribution in [2.24, 2.45) is 5.41 Å². The van der Waals surface area contributed by atoms with Crippen LogP contribution in [0.25, 0.3) is 0 Å². The maximum Gasteiger partial charge on any atom is 0.265 e. The zero-order valence-corrected chi connectivity index (χ0v) is 37.8. The normalized spacial score (nSPS) is 14.2. The molecule has 0 amide bonds. The molecule has 0 fully saturated rings. The largest absolute Gasteiger partial charge is 0.790 e. The van der Waals surface area contributed by atoms with Crippen molar-refractivity contribution in [1.29, 1.82) is 0 Å². The molecule has 0 radical (unpaired) electrons. The second-order valence-electron chi connectivity index (χ2n) is 11.7. The first-order valence-electron chi connectivity index (χ1n) is 18.3. The molecule has 0 saturated carbocycles. The van der Waals surface area contributed by atoms with Crippen molar-refractivity contribution in [1.82, 2.24) is 0 Å². The fourth-order valence-corrected chi connectivity index (χ4v) is 5.86. The summed E-state index contributed by atoms with van der Waals surface area (Å²) in [5.74, 6) is 0. The maximum atomic E-state index is 10.6. The zero-order valence-electron chi connectivity index (χ0n) is 34.2. The minimum absolute atomic E-state index is 1.27. The van der Waals surface area contributed by atoms with Gasteiger partial charge in [-0.3, -0.25) is 9.13 Å². The summed E-state index contributed by atoms with van der Waals surface area (Å²) in [6, 6.07) is 0. The van der Waals surface area contributed by atoms with Gasteiger partial charge in [0.2, 0.25) is 0 Å². The Morgan fingerprint density at radius 2 is 0.528 bits per heavy atom. The van der Waals surface area contributed by atoms with E-state index in [1.54, 1.807) is 19.6 Å². The van der Waals surface area contributed by atoms with Gasteiger partial charge in [0.1, 0.15) is 0 Å². The molecule has 0 bridgehead atoms. The summed E-state index contributed by atoms with van der Waals surface area (Å²) in [4.78, 5) is 86.9. The molecule has 0 aromatic heterocycles. The summed E-state index contributed by atoms with van der Waals surface area (Å²) in [5.41, 5.74) is -2.57. The van der Waals surface area contributed by atoms with Crippen LogP contribution in [0.15, 0.2) is 0 Å². The summed E-state index contributed by atoms with van der Waals surface area (Å²) in [6.07, 6.45) is 0. The van der Waals surface area contributed by atoms with Crippen LogP contribution in [-0.4, -0.2) is 115 Å². The molecule has 53 heavy (non-hydrogen) atoms. The fourth-order valence-electron chi connectivity index (χ4n) is 4.12. The number of phosphoric ester groups is 4. The number of hydrogen-bond acceptors (Lipinski definition) is 14. The maximum absolute atomic E-state index is 10.6. The Morgan fingerprint density at radius 3 is 0.623 bits per heavy atom. The number of hydrogen-bond donors (Lipinski definition) is 6. The molecule has 2 unspecified atom stereocenters. The van der Waals surface area contributed by atoms with E-state index < -0.39 is 63.1 Å². The van der Waals surface area contributed by atoms with Crippen molar-refractivity contribution >= 4 is 31.3 Å². The molecule has 24 heteroatoms. The van der Waals surface area contributed by atoms with Gasteiger partial charge >= 0.3 is 0 Å². The summed E-state index contributed by atoms with van der Waals surface area (Å²) in [6.45, 7) is 36.0. The molecule has 0 saturated heterocycles. The number of phosphoric acid groups is 4. The highest BCUT2D eigenvalue weighted by molar-refractivity contribution is 7.45. The van der Waals surface area contributed by atoms with Crippen molar-refractivity contribution in [3.63, 3.8) is 0 Å². The third kappa shape index (κ3) is 48.4. The van der Waals surface area contributed by atoms with Crippen LogP contribution in [0.3, 0.4) is 0 Å². The topological polar surface area (TPSA) is 302 Å². The van der Waals surface area contributed by atoms with E-state index in [9.17, 15) is 47.6 Å². The Labute approximate surface area is 319 Å². The summed E-state index contributed by atoms with van der Waals surface area (Å²) >= 11 is 0. The van der Waals surface area contributed by atoms with Crippen LogP contribution < -0.4 is 49.0 Å². The predicted molar refractivity (Wildman–Crippen MR) is 191 cm³/mol. The monoisotopic (exact) mass is 858 g/mol. The Morgan fingerprint density at radius 1 is 0.377 bits per heavy atom. The smallest absolute Gasteiger partial charge is 0.265 e. The standard InChI is InChI=1S/4C6H15N.C5H16O16P4/c4*1-4-7(5-2)6-3;6-22(7,8)18-1-5(2-19-23(9,10)11,3-20-24(12,13)14)4-21-25(15,16)17/h4*4-6H2,1-3H3;1-4H2,(H2,6,7,8)(H2,9,10,11)(H2,12,13,14)(H2,15,16,17)/p-2. The molecular weight excluding hydrogens is 784 g/mol. The molecule has 0 aliphatic rings. The van der Waals surface area contributed by atoms with E-state index in [-0.39, 0.29) is 0 Å². The summed E-state index contributed by atoms with van der Waals surface area (Å²) in [7, 11) is -22.6. The van der Waals surface area contributed by atoms with E-state index in [4.69, 9.17) is 9.79 Å². The molecule has 20 nitrogen and oxygen atoms in total. The minimum Gasteiger partial charge on any atom is -0.790 e. The molecule has 6 N–H and O–H groups in total. The van der Waals surface area contributed by atoms with Crippen LogP contribution in [0.5, 0.6) is 0 Å². The fraction of sp³-hybridized carbons (Fsp3) is 1.00. The summed E-state index contributed by atoms with van der Waals surface area (Å²) < 4.78 is 57.4. The highest BCUT2D eigenvalue weighted by Crippen LogP contribution is 2.41. The summed E-state index contributed by atoms with van der Waals surface area (Å²) in [5, 5.41) is 0.